The number of aromatic hydroxyl groups is 1. The molecule has 0 aliphatic heterocycles. The van der Waals surface area contributed by atoms with Gasteiger partial charge in [-0.05, 0) is 23.8 Å². The standard InChI is InChI=1S/C10H11N3O2/c11-10(12)13-9(15)6-3-7-1-4-8(14)5-2-7/h1-6,14H,(H4,11,12,13,15)/b6-3+. The number of carbonyl (C=O) groups is 1. The molecule has 0 aliphatic rings. The molecule has 5 nitrogen and oxygen atoms in total. The van der Waals surface area contributed by atoms with Crippen LogP contribution in [0.15, 0.2) is 30.3 Å². The largest absolute Gasteiger partial charge is 0.508 e. The molecule has 0 radical (unpaired) electrons. The lowest BCUT2D eigenvalue weighted by Gasteiger charge is -1.96. The third kappa shape index (κ3) is 3.95. The number of nitrogens with one attached hydrogen (secondary N) is 2. The van der Waals surface area contributed by atoms with Crippen LogP contribution < -0.4 is 11.1 Å². The average molecular weight is 205 g/mol. The van der Waals surface area contributed by atoms with Crippen molar-refractivity contribution in [2.45, 2.75) is 0 Å². The molecule has 78 valence electrons. The number of phenols is 1. The second kappa shape index (κ2) is 4.80. The zero-order valence-electron chi connectivity index (χ0n) is 7.90. The van der Waals surface area contributed by atoms with Gasteiger partial charge >= 0.3 is 0 Å². The maximum atomic E-state index is 11.0. The summed E-state index contributed by atoms with van der Waals surface area (Å²) in [6.07, 6.45) is 2.81. The molecule has 1 rings (SSSR count). The SMILES string of the molecule is N=C(N)NC(=O)/C=C/c1ccc(O)cc1. The van der Waals surface area contributed by atoms with Crippen molar-refractivity contribution in [1.82, 2.24) is 5.32 Å². The van der Waals surface area contributed by atoms with E-state index in [1.165, 1.54) is 18.2 Å². The molecule has 1 aromatic rings. The summed E-state index contributed by atoms with van der Waals surface area (Å²) < 4.78 is 0. The second-order valence-electron chi connectivity index (χ2n) is 2.83. The molecule has 0 saturated heterocycles. The van der Waals surface area contributed by atoms with Crippen molar-refractivity contribution < 1.29 is 9.90 Å². The molecule has 0 spiro atoms. The Hall–Kier alpha value is -2.30. The summed E-state index contributed by atoms with van der Waals surface area (Å²) in [6, 6.07) is 6.35. The fraction of sp³-hybridized carbons (Fsp3) is 0. The van der Waals surface area contributed by atoms with E-state index in [2.05, 4.69) is 5.32 Å². The lowest BCUT2D eigenvalue weighted by atomic mass is 10.2. The maximum absolute atomic E-state index is 11.0. The number of nitrogens with two attached hydrogens (primary N) is 1. The van der Waals surface area contributed by atoms with E-state index in [-0.39, 0.29) is 5.75 Å². The smallest absolute Gasteiger partial charge is 0.250 e. The molecule has 0 fully saturated rings. The molecular weight excluding hydrogens is 194 g/mol. The predicted octanol–water partition coefficient (Wildman–Crippen LogP) is 0.415. The first-order valence-corrected chi connectivity index (χ1v) is 4.20. The van der Waals surface area contributed by atoms with Crippen LogP contribution in [0.3, 0.4) is 0 Å². The highest BCUT2D eigenvalue weighted by Crippen LogP contribution is 2.10. The lowest BCUT2D eigenvalue weighted by Crippen LogP contribution is -2.34. The van der Waals surface area contributed by atoms with Gasteiger partial charge in [0, 0.05) is 6.08 Å². The van der Waals surface area contributed by atoms with Gasteiger partial charge in [0.05, 0.1) is 0 Å². The van der Waals surface area contributed by atoms with Gasteiger partial charge in [0.15, 0.2) is 5.96 Å². The Labute approximate surface area is 86.7 Å². The van der Waals surface area contributed by atoms with Crippen molar-refractivity contribution in [3.05, 3.63) is 35.9 Å². The van der Waals surface area contributed by atoms with E-state index in [0.717, 1.165) is 5.56 Å². The average Bonchev–Trinajstić information content (AvgIpc) is 2.16. The number of rotatable bonds is 2. The minimum Gasteiger partial charge on any atom is -0.508 e. The van der Waals surface area contributed by atoms with Crippen molar-refractivity contribution in [2.75, 3.05) is 0 Å². The molecule has 0 aromatic heterocycles. The number of guanidine groups is 1. The molecule has 0 heterocycles. The van der Waals surface area contributed by atoms with Crippen LogP contribution in [0.25, 0.3) is 6.08 Å². The van der Waals surface area contributed by atoms with E-state index in [1.54, 1.807) is 18.2 Å². The van der Waals surface area contributed by atoms with Gasteiger partial charge in [-0.25, -0.2) is 0 Å². The van der Waals surface area contributed by atoms with Gasteiger partial charge in [0.2, 0.25) is 0 Å². The Kier molecular flexibility index (Phi) is 3.45. The number of benzene rings is 1. The predicted molar refractivity (Wildman–Crippen MR) is 57.2 cm³/mol. The van der Waals surface area contributed by atoms with E-state index >= 15 is 0 Å². The minimum absolute atomic E-state index is 0.167. The fourth-order valence-electron chi connectivity index (χ4n) is 0.932. The summed E-state index contributed by atoms with van der Waals surface area (Å²) in [5, 5.41) is 17.9. The van der Waals surface area contributed by atoms with Crippen LogP contribution in [0.4, 0.5) is 0 Å². The summed E-state index contributed by atoms with van der Waals surface area (Å²) >= 11 is 0. The normalized spacial score (nSPS) is 10.1. The first kappa shape index (κ1) is 10.8. The molecule has 0 atom stereocenters. The molecule has 0 unspecified atom stereocenters. The lowest BCUT2D eigenvalue weighted by molar-refractivity contribution is -0.115. The van der Waals surface area contributed by atoms with Crippen LogP contribution in [-0.2, 0) is 4.79 Å². The fourth-order valence-corrected chi connectivity index (χ4v) is 0.932. The highest BCUT2D eigenvalue weighted by molar-refractivity contribution is 6.02. The highest BCUT2D eigenvalue weighted by atomic mass is 16.3. The summed E-state index contributed by atoms with van der Waals surface area (Å²) in [6.45, 7) is 0. The Morgan fingerprint density at radius 3 is 2.53 bits per heavy atom. The topological polar surface area (TPSA) is 99.2 Å². The number of carbonyl (C=O) groups excluding carboxylic acids is 1. The molecular formula is C10H11N3O2. The maximum Gasteiger partial charge on any atom is 0.250 e. The molecule has 5 heteroatoms. The van der Waals surface area contributed by atoms with Gasteiger partial charge in [0.25, 0.3) is 5.91 Å². The van der Waals surface area contributed by atoms with Gasteiger partial charge in [-0.1, -0.05) is 12.1 Å². The Morgan fingerprint density at radius 1 is 1.40 bits per heavy atom. The third-order valence-corrected chi connectivity index (χ3v) is 1.58. The summed E-state index contributed by atoms with van der Waals surface area (Å²) in [5.41, 5.74) is 5.74. The Bertz CT molecular complexity index is 396. The van der Waals surface area contributed by atoms with Crippen LogP contribution >= 0.6 is 0 Å². The Morgan fingerprint density at radius 2 is 2.00 bits per heavy atom. The van der Waals surface area contributed by atoms with Crippen molar-refractivity contribution in [3.63, 3.8) is 0 Å². The van der Waals surface area contributed by atoms with Gasteiger partial charge < -0.3 is 10.8 Å². The molecule has 5 N–H and O–H groups in total. The van der Waals surface area contributed by atoms with Gasteiger partial charge in [-0.2, -0.15) is 0 Å². The van der Waals surface area contributed by atoms with Gasteiger partial charge in [-0.15, -0.1) is 0 Å². The number of hydrogen-bond donors (Lipinski definition) is 4. The van der Waals surface area contributed by atoms with Crippen molar-refractivity contribution in [3.8, 4) is 5.75 Å². The van der Waals surface area contributed by atoms with E-state index in [4.69, 9.17) is 16.2 Å². The van der Waals surface area contributed by atoms with Crippen LogP contribution in [0.5, 0.6) is 5.75 Å². The zero-order valence-corrected chi connectivity index (χ0v) is 7.90. The first-order valence-electron chi connectivity index (χ1n) is 4.20. The molecule has 0 saturated carbocycles. The molecule has 0 aliphatic carbocycles. The number of amides is 1. The van der Waals surface area contributed by atoms with Crippen LogP contribution in [0.1, 0.15) is 5.56 Å². The minimum atomic E-state index is -0.462. The van der Waals surface area contributed by atoms with Crippen molar-refractivity contribution >= 4 is 17.9 Å². The quantitative estimate of drug-likeness (QED) is 0.320. The van der Waals surface area contributed by atoms with Crippen LogP contribution in [0.2, 0.25) is 0 Å². The third-order valence-electron chi connectivity index (χ3n) is 1.58. The van der Waals surface area contributed by atoms with E-state index in [0.29, 0.717) is 0 Å². The summed E-state index contributed by atoms with van der Waals surface area (Å²) in [5.74, 6) is -0.689. The number of hydrogen-bond acceptors (Lipinski definition) is 3. The highest BCUT2D eigenvalue weighted by Gasteiger charge is 1.95. The van der Waals surface area contributed by atoms with Gasteiger partial charge in [-0.3, -0.25) is 15.5 Å². The molecule has 1 amide bonds. The molecule has 1 aromatic carbocycles. The second-order valence-corrected chi connectivity index (χ2v) is 2.83. The van der Waals surface area contributed by atoms with Gasteiger partial charge in [0.1, 0.15) is 5.75 Å². The monoisotopic (exact) mass is 205 g/mol. The van der Waals surface area contributed by atoms with Crippen molar-refractivity contribution in [1.29, 1.82) is 5.41 Å². The summed E-state index contributed by atoms with van der Waals surface area (Å²) in [7, 11) is 0. The van der Waals surface area contributed by atoms with Crippen molar-refractivity contribution in [2.24, 2.45) is 5.73 Å². The molecule has 15 heavy (non-hydrogen) atoms. The molecule has 0 bridgehead atoms. The summed E-state index contributed by atoms with van der Waals surface area (Å²) in [4.78, 5) is 11.0. The van der Waals surface area contributed by atoms with E-state index < -0.39 is 11.9 Å². The first-order chi connectivity index (χ1) is 7.08. The van der Waals surface area contributed by atoms with Crippen LogP contribution in [0, 0.1) is 5.41 Å². The zero-order chi connectivity index (χ0) is 11.3. The number of phenolic OH excluding ortho intramolecular Hbond substituents is 1. The van der Waals surface area contributed by atoms with E-state index in [9.17, 15) is 4.79 Å². The van der Waals surface area contributed by atoms with Crippen LogP contribution in [-0.4, -0.2) is 17.0 Å². The van der Waals surface area contributed by atoms with E-state index in [1.807, 2.05) is 0 Å². The Balaban J connectivity index is 2.61.